The Balaban J connectivity index is 1.65. The maximum atomic E-state index is 13.1. The van der Waals surface area contributed by atoms with Gasteiger partial charge in [0.2, 0.25) is 0 Å². The minimum Gasteiger partial charge on any atom is -0.493 e. The molecule has 0 saturated carbocycles. The number of aromatic nitrogens is 3. The van der Waals surface area contributed by atoms with Crippen molar-refractivity contribution in [2.75, 3.05) is 46.0 Å². The molecule has 1 fully saturated rings. The Morgan fingerprint density at radius 2 is 1.86 bits per heavy atom. The van der Waals surface area contributed by atoms with Crippen LogP contribution in [0.25, 0.3) is 10.9 Å². The Morgan fingerprint density at radius 1 is 1.09 bits per heavy atom. The van der Waals surface area contributed by atoms with E-state index in [1.165, 1.54) is 12.1 Å². The molecule has 0 bridgehead atoms. The molecule has 3 heterocycles. The van der Waals surface area contributed by atoms with Gasteiger partial charge in [0, 0.05) is 18.6 Å². The minimum atomic E-state index is -4.53. The Labute approximate surface area is 200 Å². The molecule has 0 amide bonds. The zero-order valence-corrected chi connectivity index (χ0v) is 19.9. The lowest BCUT2D eigenvalue weighted by atomic mass is 9.88. The van der Waals surface area contributed by atoms with Crippen molar-refractivity contribution in [1.29, 1.82) is 0 Å². The number of anilines is 1. The molecule has 3 aromatic rings. The highest BCUT2D eigenvalue weighted by Gasteiger charge is 2.40. The third kappa shape index (κ3) is 5.40. The molecule has 4 rings (SSSR count). The first-order valence-electron chi connectivity index (χ1n) is 11.0. The lowest BCUT2D eigenvalue weighted by molar-refractivity contribution is -0.159. The van der Waals surface area contributed by atoms with Crippen LogP contribution in [0.15, 0.2) is 30.3 Å². The number of methoxy groups -OCH3 is 2. The molecule has 2 aromatic heterocycles. The maximum Gasteiger partial charge on any atom is 0.433 e. The molecule has 1 N–H and O–H groups in total. The molecule has 188 valence electrons. The number of benzene rings is 1. The second-order valence-electron chi connectivity index (χ2n) is 8.67. The number of fused-ring (bicyclic) bond motifs is 1. The summed E-state index contributed by atoms with van der Waals surface area (Å²) in [6.45, 7) is 5.39. The lowest BCUT2D eigenvalue weighted by Crippen LogP contribution is -2.50. The molecule has 0 radical (unpaired) electrons. The van der Waals surface area contributed by atoms with Crippen LogP contribution in [0.5, 0.6) is 11.5 Å². The number of alkyl halides is 3. The van der Waals surface area contributed by atoms with E-state index in [1.807, 2.05) is 0 Å². The SMILES string of the molecule is COCC1(COc2cc3c(N[C@H](C)c4cccc(C(F)(F)F)n4)nc(C)nc3cc2OC)COC1. The number of ether oxygens (including phenoxy) is 4. The molecular formula is C24H27F3N4O4. The summed E-state index contributed by atoms with van der Waals surface area (Å²) in [7, 11) is 3.18. The van der Waals surface area contributed by atoms with Crippen molar-refractivity contribution >= 4 is 16.7 Å². The van der Waals surface area contributed by atoms with Crippen molar-refractivity contribution < 1.29 is 32.1 Å². The fourth-order valence-electron chi connectivity index (χ4n) is 3.90. The van der Waals surface area contributed by atoms with Gasteiger partial charge in [0.15, 0.2) is 11.5 Å². The Kier molecular flexibility index (Phi) is 7.00. The van der Waals surface area contributed by atoms with Crippen LogP contribution in [0, 0.1) is 12.3 Å². The van der Waals surface area contributed by atoms with Gasteiger partial charge in [-0.2, -0.15) is 13.2 Å². The van der Waals surface area contributed by atoms with E-state index < -0.39 is 17.9 Å². The van der Waals surface area contributed by atoms with Gasteiger partial charge >= 0.3 is 6.18 Å². The smallest absolute Gasteiger partial charge is 0.433 e. The second-order valence-corrected chi connectivity index (χ2v) is 8.67. The van der Waals surface area contributed by atoms with Crippen LogP contribution < -0.4 is 14.8 Å². The van der Waals surface area contributed by atoms with Crippen molar-refractivity contribution in [1.82, 2.24) is 15.0 Å². The molecule has 0 spiro atoms. The van der Waals surface area contributed by atoms with Gasteiger partial charge in [-0.3, -0.25) is 0 Å². The summed E-state index contributed by atoms with van der Waals surface area (Å²) >= 11 is 0. The van der Waals surface area contributed by atoms with Crippen LogP contribution in [0.1, 0.15) is 30.2 Å². The van der Waals surface area contributed by atoms with Crippen molar-refractivity contribution in [2.24, 2.45) is 5.41 Å². The van der Waals surface area contributed by atoms with Crippen LogP contribution in [0.2, 0.25) is 0 Å². The van der Waals surface area contributed by atoms with Crippen LogP contribution in [0.4, 0.5) is 19.0 Å². The topological polar surface area (TPSA) is 87.6 Å². The number of hydrogen-bond donors (Lipinski definition) is 1. The molecule has 1 atom stereocenters. The van der Waals surface area contributed by atoms with Crippen molar-refractivity contribution in [3.05, 3.63) is 47.5 Å². The molecule has 1 aliphatic rings. The predicted octanol–water partition coefficient (Wildman–Crippen LogP) is 4.58. The average Bonchev–Trinajstić information content (AvgIpc) is 2.79. The van der Waals surface area contributed by atoms with Crippen molar-refractivity contribution in [2.45, 2.75) is 26.1 Å². The molecule has 35 heavy (non-hydrogen) atoms. The second kappa shape index (κ2) is 9.82. The van der Waals surface area contributed by atoms with Gasteiger partial charge in [-0.25, -0.2) is 15.0 Å². The third-order valence-electron chi connectivity index (χ3n) is 5.75. The van der Waals surface area contributed by atoms with E-state index in [1.54, 1.807) is 40.2 Å². The first-order chi connectivity index (χ1) is 16.6. The van der Waals surface area contributed by atoms with Gasteiger partial charge < -0.3 is 24.3 Å². The van der Waals surface area contributed by atoms with Gasteiger partial charge in [0.1, 0.15) is 23.9 Å². The Hall–Kier alpha value is -3.18. The lowest BCUT2D eigenvalue weighted by Gasteiger charge is -2.40. The van der Waals surface area contributed by atoms with Gasteiger partial charge in [0.25, 0.3) is 0 Å². The van der Waals surface area contributed by atoms with E-state index in [0.717, 1.165) is 6.07 Å². The molecule has 1 saturated heterocycles. The summed E-state index contributed by atoms with van der Waals surface area (Å²) in [5.74, 6) is 1.93. The molecule has 1 aliphatic heterocycles. The van der Waals surface area contributed by atoms with E-state index in [0.29, 0.717) is 60.5 Å². The predicted molar refractivity (Wildman–Crippen MR) is 123 cm³/mol. The summed E-state index contributed by atoms with van der Waals surface area (Å²) in [6.07, 6.45) is -4.53. The number of halogens is 3. The summed E-state index contributed by atoms with van der Waals surface area (Å²) in [4.78, 5) is 12.8. The first-order valence-corrected chi connectivity index (χ1v) is 11.0. The molecular weight excluding hydrogens is 465 g/mol. The normalized spacial score (nSPS) is 16.0. The van der Waals surface area contributed by atoms with Crippen molar-refractivity contribution in [3.63, 3.8) is 0 Å². The highest BCUT2D eigenvalue weighted by molar-refractivity contribution is 5.92. The summed E-state index contributed by atoms with van der Waals surface area (Å²) in [6, 6.07) is 6.78. The van der Waals surface area contributed by atoms with Crippen LogP contribution in [0.3, 0.4) is 0 Å². The number of nitrogens with one attached hydrogen (secondary N) is 1. The zero-order chi connectivity index (χ0) is 25.2. The highest BCUT2D eigenvalue weighted by Crippen LogP contribution is 2.37. The number of aryl methyl sites for hydroxylation is 1. The summed E-state index contributed by atoms with van der Waals surface area (Å²) < 4.78 is 61.7. The zero-order valence-electron chi connectivity index (χ0n) is 19.9. The van der Waals surface area contributed by atoms with E-state index in [-0.39, 0.29) is 11.1 Å². The van der Waals surface area contributed by atoms with E-state index >= 15 is 0 Å². The fourth-order valence-corrected chi connectivity index (χ4v) is 3.90. The molecule has 0 aliphatic carbocycles. The summed E-state index contributed by atoms with van der Waals surface area (Å²) in [5, 5.41) is 3.82. The monoisotopic (exact) mass is 492 g/mol. The van der Waals surface area contributed by atoms with E-state index in [2.05, 4.69) is 20.3 Å². The fraction of sp³-hybridized carbons (Fsp3) is 0.458. The number of nitrogens with zero attached hydrogens (tertiary/aromatic N) is 3. The number of pyridine rings is 1. The standard InChI is InChI=1S/C24H27F3N4O4/c1-14(17-6-5-7-21(31-17)24(25,26)27)28-22-16-8-20(35-13-23(10-32-3)11-34-12-23)19(33-4)9-18(16)29-15(2)30-22/h5-9,14H,10-13H2,1-4H3,(H,28,29,30)/t14-/m1/s1. The van der Waals surface area contributed by atoms with Crippen LogP contribution >= 0.6 is 0 Å². The van der Waals surface area contributed by atoms with E-state index in [4.69, 9.17) is 18.9 Å². The van der Waals surface area contributed by atoms with Crippen LogP contribution in [-0.2, 0) is 15.7 Å². The largest absolute Gasteiger partial charge is 0.493 e. The Bertz CT molecular complexity index is 1200. The van der Waals surface area contributed by atoms with Gasteiger partial charge in [-0.05, 0) is 32.0 Å². The third-order valence-corrected chi connectivity index (χ3v) is 5.75. The van der Waals surface area contributed by atoms with Gasteiger partial charge in [-0.15, -0.1) is 0 Å². The molecule has 0 unspecified atom stereocenters. The van der Waals surface area contributed by atoms with Crippen molar-refractivity contribution in [3.8, 4) is 11.5 Å². The quantitative estimate of drug-likeness (QED) is 0.465. The average molecular weight is 492 g/mol. The Morgan fingerprint density at radius 3 is 2.49 bits per heavy atom. The molecule has 1 aromatic carbocycles. The minimum absolute atomic E-state index is 0.233. The molecule has 11 heteroatoms. The number of rotatable bonds is 9. The van der Waals surface area contributed by atoms with Crippen LogP contribution in [-0.4, -0.2) is 55.6 Å². The van der Waals surface area contributed by atoms with Gasteiger partial charge in [0.05, 0.1) is 49.6 Å². The number of hydrogen-bond acceptors (Lipinski definition) is 8. The highest BCUT2D eigenvalue weighted by atomic mass is 19.4. The first kappa shape index (κ1) is 24.9. The maximum absolute atomic E-state index is 13.1. The molecule has 8 nitrogen and oxygen atoms in total. The summed E-state index contributed by atoms with van der Waals surface area (Å²) in [5.41, 5.74) is -0.339. The van der Waals surface area contributed by atoms with E-state index in [9.17, 15) is 13.2 Å². The van der Waals surface area contributed by atoms with Gasteiger partial charge in [-0.1, -0.05) is 6.07 Å².